The summed E-state index contributed by atoms with van der Waals surface area (Å²) in [7, 11) is 1.89. The molecule has 0 aromatic heterocycles. The van der Waals surface area contributed by atoms with Crippen LogP contribution in [0, 0.1) is 0 Å². The first-order valence-corrected chi connectivity index (χ1v) is 17.4. The van der Waals surface area contributed by atoms with Crippen LogP contribution in [0.2, 0.25) is 0 Å². The maximum atomic E-state index is 11.7. The standard InChI is InChI=1S/C33H67NO12/c1-3-4-5-6-7-8-9-10-33(35)46-32-31-45-30-29-44-28-27-43-26-25-42-24-23-41-22-21-40-20-19-39-18-17-38-16-15-37-14-13-36-12-11-34-2/h34H,3-32H2,1-2H3. The van der Waals surface area contributed by atoms with E-state index in [1.54, 1.807) is 0 Å². The first kappa shape index (κ1) is 45.0. The van der Waals surface area contributed by atoms with Gasteiger partial charge in [0.15, 0.2) is 0 Å². The molecule has 0 bridgehead atoms. The van der Waals surface area contributed by atoms with Gasteiger partial charge in [0, 0.05) is 13.0 Å². The van der Waals surface area contributed by atoms with Gasteiger partial charge >= 0.3 is 5.97 Å². The Bertz CT molecular complexity index is 577. The Kier molecular flexibility index (Phi) is 41.2. The second kappa shape index (κ2) is 42.1. The second-order valence-corrected chi connectivity index (χ2v) is 10.3. The third-order valence-corrected chi connectivity index (χ3v) is 6.32. The maximum absolute atomic E-state index is 11.7. The lowest BCUT2D eigenvalue weighted by Gasteiger charge is -2.09. The molecule has 13 heteroatoms. The molecule has 1 N–H and O–H groups in total. The molecule has 0 aliphatic carbocycles. The van der Waals surface area contributed by atoms with Gasteiger partial charge in [-0.3, -0.25) is 4.79 Å². The number of carbonyl (C=O) groups is 1. The molecule has 0 aromatic carbocycles. The van der Waals surface area contributed by atoms with Crippen LogP contribution >= 0.6 is 0 Å². The summed E-state index contributed by atoms with van der Waals surface area (Å²) in [6.45, 7) is 13.7. The van der Waals surface area contributed by atoms with Crippen LogP contribution in [0.4, 0.5) is 0 Å². The Morgan fingerprint density at radius 2 is 0.674 bits per heavy atom. The molecule has 0 saturated carbocycles. The predicted molar refractivity (Wildman–Crippen MR) is 176 cm³/mol. The summed E-state index contributed by atoms with van der Waals surface area (Å²) in [4.78, 5) is 11.7. The highest BCUT2D eigenvalue weighted by molar-refractivity contribution is 5.69. The molecule has 46 heavy (non-hydrogen) atoms. The summed E-state index contributed by atoms with van der Waals surface area (Å²) in [6, 6.07) is 0. The Hall–Kier alpha value is -0.970. The summed E-state index contributed by atoms with van der Waals surface area (Å²) in [5.74, 6) is -0.139. The maximum Gasteiger partial charge on any atom is 0.305 e. The first-order valence-electron chi connectivity index (χ1n) is 17.4. The smallest absolute Gasteiger partial charge is 0.305 e. The van der Waals surface area contributed by atoms with Crippen LogP contribution in [-0.2, 0) is 56.9 Å². The molecule has 0 heterocycles. The molecular formula is C33H67NO12. The average molecular weight is 670 g/mol. The number of nitrogens with one attached hydrogen (secondary N) is 1. The zero-order valence-electron chi connectivity index (χ0n) is 29.1. The van der Waals surface area contributed by atoms with Crippen molar-refractivity contribution in [3.63, 3.8) is 0 Å². The van der Waals surface area contributed by atoms with E-state index in [0.717, 1.165) is 19.4 Å². The van der Waals surface area contributed by atoms with E-state index in [1.807, 2.05) is 7.05 Å². The fourth-order valence-corrected chi connectivity index (χ4v) is 3.77. The molecule has 0 aliphatic rings. The van der Waals surface area contributed by atoms with E-state index in [0.29, 0.717) is 139 Å². The van der Waals surface area contributed by atoms with Crippen molar-refractivity contribution in [1.82, 2.24) is 5.32 Å². The number of unbranched alkanes of at least 4 members (excludes halogenated alkanes) is 6. The SMILES string of the molecule is CCCCCCCCCC(=O)OCCOCCOCCOCCOCCOCCOCCOCCOCCOCCOCCNC. The van der Waals surface area contributed by atoms with Crippen molar-refractivity contribution in [1.29, 1.82) is 0 Å². The van der Waals surface area contributed by atoms with Gasteiger partial charge in [-0.05, 0) is 13.5 Å². The number of rotatable bonds is 41. The van der Waals surface area contributed by atoms with Crippen molar-refractivity contribution in [2.45, 2.75) is 58.3 Å². The quantitative estimate of drug-likeness (QED) is 0.0757. The fourth-order valence-electron chi connectivity index (χ4n) is 3.77. The zero-order chi connectivity index (χ0) is 33.3. The molecule has 0 atom stereocenters. The molecule has 276 valence electrons. The molecule has 0 rings (SSSR count). The zero-order valence-corrected chi connectivity index (χ0v) is 29.1. The molecule has 0 spiro atoms. The fraction of sp³-hybridized carbons (Fsp3) is 0.970. The Labute approximate surface area is 278 Å². The first-order chi connectivity index (χ1) is 22.8. The van der Waals surface area contributed by atoms with E-state index in [9.17, 15) is 4.79 Å². The van der Waals surface area contributed by atoms with Crippen LogP contribution in [0.25, 0.3) is 0 Å². The monoisotopic (exact) mass is 669 g/mol. The lowest BCUT2D eigenvalue weighted by molar-refractivity contribution is -0.145. The highest BCUT2D eigenvalue weighted by atomic mass is 16.6. The lowest BCUT2D eigenvalue weighted by Crippen LogP contribution is -2.17. The topological polar surface area (TPSA) is 131 Å². The van der Waals surface area contributed by atoms with Crippen LogP contribution in [0.1, 0.15) is 58.3 Å². The summed E-state index contributed by atoms with van der Waals surface area (Å²) in [5, 5.41) is 3.02. The van der Waals surface area contributed by atoms with Crippen molar-refractivity contribution >= 4 is 5.97 Å². The molecule has 0 unspecified atom stereocenters. The number of esters is 1. The van der Waals surface area contributed by atoms with Gasteiger partial charge in [0.1, 0.15) is 6.61 Å². The highest BCUT2D eigenvalue weighted by Crippen LogP contribution is 2.08. The number of hydrogen-bond acceptors (Lipinski definition) is 13. The minimum Gasteiger partial charge on any atom is -0.463 e. The van der Waals surface area contributed by atoms with Gasteiger partial charge in [-0.15, -0.1) is 0 Å². The molecular weight excluding hydrogens is 602 g/mol. The Balaban J connectivity index is 3.09. The van der Waals surface area contributed by atoms with Gasteiger partial charge in [-0.2, -0.15) is 0 Å². The van der Waals surface area contributed by atoms with Gasteiger partial charge in [0.25, 0.3) is 0 Å². The molecule has 0 fully saturated rings. The summed E-state index contributed by atoms with van der Waals surface area (Å²) >= 11 is 0. The van der Waals surface area contributed by atoms with Crippen LogP contribution < -0.4 is 5.32 Å². The second-order valence-electron chi connectivity index (χ2n) is 10.3. The molecule has 0 saturated heterocycles. The number of likely N-dealkylation sites (N-methyl/N-ethyl adjacent to an activating group) is 1. The van der Waals surface area contributed by atoms with Gasteiger partial charge in [-0.1, -0.05) is 45.4 Å². The molecule has 0 amide bonds. The number of ether oxygens (including phenoxy) is 11. The van der Waals surface area contributed by atoms with E-state index in [4.69, 9.17) is 52.1 Å². The summed E-state index contributed by atoms with van der Waals surface area (Å²) < 4.78 is 59.7. The minimum absolute atomic E-state index is 0.139. The highest BCUT2D eigenvalue weighted by Gasteiger charge is 2.03. The summed E-state index contributed by atoms with van der Waals surface area (Å²) in [6.07, 6.45) is 8.81. The van der Waals surface area contributed by atoms with Gasteiger partial charge < -0.3 is 57.4 Å². The van der Waals surface area contributed by atoms with Crippen LogP contribution in [0.15, 0.2) is 0 Å². The van der Waals surface area contributed by atoms with Crippen molar-refractivity contribution < 1.29 is 56.9 Å². The number of hydrogen-bond donors (Lipinski definition) is 1. The van der Waals surface area contributed by atoms with Crippen molar-refractivity contribution in [3.8, 4) is 0 Å². The van der Waals surface area contributed by atoms with Gasteiger partial charge in [0.2, 0.25) is 0 Å². The van der Waals surface area contributed by atoms with E-state index in [2.05, 4.69) is 12.2 Å². The van der Waals surface area contributed by atoms with Gasteiger partial charge in [0.05, 0.1) is 132 Å². The number of carbonyl (C=O) groups excluding carboxylic acids is 1. The largest absolute Gasteiger partial charge is 0.463 e. The van der Waals surface area contributed by atoms with Crippen LogP contribution in [-0.4, -0.2) is 158 Å². The van der Waals surface area contributed by atoms with Crippen LogP contribution in [0.5, 0.6) is 0 Å². The van der Waals surface area contributed by atoms with E-state index >= 15 is 0 Å². The van der Waals surface area contributed by atoms with E-state index < -0.39 is 0 Å². The van der Waals surface area contributed by atoms with Gasteiger partial charge in [-0.25, -0.2) is 0 Å². The van der Waals surface area contributed by atoms with Crippen molar-refractivity contribution in [2.75, 3.05) is 152 Å². The summed E-state index contributed by atoms with van der Waals surface area (Å²) in [5.41, 5.74) is 0. The minimum atomic E-state index is -0.139. The third-order valence-electron chi connectivity index (χ3n) is 6.32. The normalized spacial score (nSPS) is 11.4. The molecule has 0 aliphatic heterocycles. The van der Waals surface area contributed by atoms with E-state index in [-0.39, 0.29) is 12.6 Å². The predicted octanol–water partition coefficient (Wildman–Crippen LogP) is 3.06. The Morgan fingerprint density at radius 3 is 1.00 bits per heavy atom. The third kappa shape index (κ3) is 41.1. The van der Waals surface area contributed by atoms with Crippen molar-refractivity contribution in [3.05, 3.63) is 0 Å². The average Bonchev–Trinajstić information content (AvgIpc) is 3.06. The molecule has 13 nitrogen and oxygen atoms in total. The molecule has 0 radical (unpaired) electrons. The Morgan fingerprint density at radius 1 is 0.391 bits per heavy atom. The van der Waals surface area contributed by atoms with Crippen LogP contribution in [0.3, 0.4) is 0 Å². The molecule has 0 aromatic rings. The van der Waals surface area contributed by atoms with E-state index in [1.165, 1.54) is 32.1 Å². The lowest BCUT2D eigenvalue weighted by atomic mass is 10.1. The van der Waals surface area contributed by atoms with Crippen molar-refractivity contribution in [2.24, 2.45) is 0 Å².